The molecule has 2 atom stereocenters. The van der Waals surface area contributed by atoms with Crippen LogP contribution < -0.4 is 14.8 Å². The van der Waals surface area contributed by atoms with Gasteiger partial charge in [-0.15, -0.1) is 0 Å². The summed E-state index contributed by atoms with van der Waals surface area (Å²) < 4.78 is 16.6. The van der Waals surface area contributed by atoms with Crippen molar-refractivity contribution in [2.75, 3.05) is 26.9 Å². The number of hydrogen-bond donors (Lipinski definition) is 1. The summed E-state index contributed by atoms with van der Waals surface area (Å²) in [5, 5.41) is 2.86. The normalized spacial score (nSPS) is 25.6. The fraction of sp³-hybridized carbons (Fsp3) is 0.533. The molecular formula is C15H19NO4. The number of nitrogens with one attached hydrogen (secondary N) is 1. The van der Waals surface area contributed by atoms with E-state index in [0.29, 0.717) is 19.6 Å². The van der Waals surface area contributed by atoms with E-state index in [1.165, 1.54) is 0 Å². The van der Waals surface area contributed by atoms with Gasteiger partial charge in [-0.2, -0.15) is 0 Å². The first-order valence-corrected chi connectivity index (χ1v) is 6.95. The second-order valence-corrected chi connectivity index (χ2v) is 5.22. The molecule has 2 unspecified atom stereocenters. The fourth-order valence-electron chi connectivity index (χ4n) is 2.67. The van der Waals surface area contributed by atoms with Crippen LogP contribution in [0.1, 0.15) is 24.3 Å². The van der Waals surface area contributed by atoms with E-state index in [-0.39, 0.29) is 17.9 Å². The van der Waals surface area contributed by atoms with Gasteiger partial charge >= 0.3 is 0 Å². The molecule has 2 aliphatic heterocycles. The van der Waals surface area contributed by atoms with Crippen molar-refractivity contribution >= 4 is 5.91 Å². The Bertz CT molecular complexity index is 497. The summed E-state index contributed by atoms with van der Waals surface area (Å²) in [5.41, 5.74) is 1.11. The lowest BCUT2D eigenvalue weighted by Gasteiger charge is -2.17. The third-order valence-corrected chi connectivity index (χ3v) is 3.82. The van der Waals surface area contributed by atoms with Crippen molar-refractivity contribution in [3.05, 3.63) is 23.8 Å². The first-order valence-electron chi connectivity index (χ1n) is 6.95. The Morgan fingerprint density at radius 2 is 2.25 bits per heavy atom. The number of methoxy groups -OCH3 is 1. The summed E-state index contributed by atoms with van der Waals surface area (Å²) in [7, 11) is 1.63. The lowest BCUT2D eigenvalue weighted by atomic mass is 9.98. The van der Waals surface area contributed by atoms with Gasteiger partial charge in [-0.3, -0.25) is 4.79 Å². The van der Waals surface area contributed by atoms with Gasteiger partial charge in [0, 0.05) is 25.3 Å². The van der Waals surface area contributed by atoms with Crippen LogP contribution in [0.2, 0.25) is 0 Å². The zero-order chi connectivity index (χ0) is 13.9. The first-order chi connectivity index (χ1) is 9.76. The molecule has 0 spiro atoms. The predicted molar refractivity (Wildman–Crippen MR) is 73.2 cm³/mol. The molecular weight excluding hydrogens is 258 g/mol. The number of carbonyl (C=O) groups is 1. The Morgan fingerprint density at radius 1 is 1.35 bits per heavy atom. The van der Waals surface area contributed by atoms with Crippen LogP contribution in [0, 0.1) is 0 Å². The number of hydrogen-bond acceptors (Lipinski definition) is 4. The maximum atomic E-state index is 11.3. The minimum Gasteiger partial charge on any atom is -0.493 e. The number of ether oxygens (including phenoxy) is 3. The van der Waals surface area contributed by atoms with Gasteiger partial charge in [-0.05, 0) is 17.7 Å². The Kier molecular flexibility index (Phi) is 3.78. The van der Waals surface area contributed by atoms with E-state index in [2.05, 4.69) is 5.32 Å². The van der Waals surface area contributed by atoms with Gasteiger partial charge in [0.05, 0.1) is 20.3 Å². The van der Waals surface area contributed by atoms with E-state index in [0.717, 1.165) is 30.1 Å². The summed E-state index contributed by atoms with van der Waals surface area (Å²) in [6.07, 6.45) is 1.53. The van der Waals surface area contributed by atoms with Crippen LogP contribution in [0.15, 0.2) is 18.2 Å². The van der Waals surface area contributed by atoms with Gasteiger partial charge in [0.2, 0.25) is 5.91 Å². The molecule has 20 heavy (non-hydrogen) atoms. The molecule has 0 aromatic heterocycles. The summed E-state index contributed by atoms with van der Waals surface area (Å²) in [4.78, 5) is 11.3. The molecule has 5 nitrogen and oxygen atoms in total. The van der Waals surface area contributed by atoms with Crippen LogP contribution in [0.5, 0.6) is 11.5 Å². The van der Waals surface area contributed by atoms with E-state index in [1.807, 2.05) is 18.2 Å². The van der Waals surface area contributed by atoms with Crippen LogP contribution in [0.4, 0.5) is 0 Å². The summed E-state index contributed by atoms with van der Waals surface area (Å²) >= 11 is 0. The van der Waals surface area contributed by atoms with Crippen molar-refractivity contribution in [3.63, 3.8) is 0 Å². The number of amides is 1. The molecule has 1 aromatic rings. The van der Waals surface area contributed by atoms with Gasteiger partial charge in [0.25, 0.3) is 0 Å². The fourth-order valence-corrected chi connectivity index (χ4v) is 2.67. The first kappa shape index (κ1) is 13.2. The largest absolute Gasteiger partial charge is 0.493 e. The SMILES string of the molecule is COc1ccc(C2CNC(=O)C2)cc1OC1CCOC1. The topological polar surface area (TPSA) is 56.8 Å². The van der Waals surface area contributed by atoms with E-state index >= 15 is 0 Å². The molecule has 0 aliphatic carbocycles. The van der Waals surface area contributed by atoms with Crippen LogP contribution in [0.3, 0.4) is 0 Å². The second kappa shape index (κ2) is 5.71. The maximum absolute atomic E-state index is 11.3. The van der Waals surface area contributed by atoms with Crippen molar-refractivity contribution in [1.29, 1.82) is 0 Å². The average molecular weight is 277 g/mol. The quantitative estimate of drug-likeness (QED) is 0.905. The number of rotatable bonds is 4. The summed E-state index contributed by atoms with van der Waals surface area (Å²) in [5.74, 6) is 1.78. The highest BCUT2D eigenvalue weighted by Crippen LogP contribution is 2.34. The Balaban J connectivity index is 1.80. The van der Waals surface area contributed by atoms with Gasteiger partial charge in [0.15, 0.2) is 11.5 Å². The summed E-state index contributed by atoms with van der Waals surface area (Å²) in [6, 6.07) is 5.90. The molecule has 3 rings (SSSR count). The third kappa shape index (κ3) is 2.72. The maximum Gasteiger partial charge on any atom is 0.220 e. The lowest BCUT2D eigenvalue weighted by molar-refractivity contribution is -0.119. The smallest absolute Gasteiger partial charge is 0.220 e. The molecule has 0 radical (unpaired) electrons. The minimum atomic E-state index is 0.0856. The molecule has 2 saturated heterocycles. The van der Waals surface area contributed by atoms with Crippen LogP contribution in [-0.4, -0.2) is 38.9 Å². The standard InChI is InChI=1S/C15H19NO4/c1-18-13-3-2-10(11-7-15(17)16-8-11)6-14(13)20-12-4-5-19-9-12/h2-3,6,11-12H,4-5,7-9H2,1H3,(H,16,17). The van der Waals surface area contributed by atoms with Crippen LogP contribution in [-0.2, 0) is 9.53 Å². The highest BCUT2D eigenvalue weighted by atomic mass is 16.6. The zero-order valence-electron chi connectivity index (χ0n) is 11.6. The molecule has 1 aromatic carbocycles. The van der Waals surface area contributed by atoms with Crippen molar-refractivity contribution in [2.45, 2.75) is 24.9 Å². The van der Waals surface area contributed by atoms with Crippen molar-refractivity contribution in [1.82, 2.24) is 5.32 Å². The molecule has 2 heterocycles. The van der Waals surface area contributed by atoms with Crippen LogP contribution >= 0.6 is 0 Å². The number of carbonyl (C=O) groups excluding carboxylic acids is 1. The molecule has 1 amide bonds. The highest BCUT2D eigenvalue weighted by Gasteiger charge is 2.25. The van der Waals surface area contributed by atoms with Crippen molar-refractivity contribution < 1.29 is 19.0 Å². The predicted octanol–water partition coefficient (Wildman–Crippen LogP) is 1.47. The van der Waals surface area contributed by atoms with E-state index in [1.54, 1.807) is 7.11 Å². The van der Waals surface area contributed by atoms with Gasteiger partial charge in [0.1, 0.15) is 6.10 Å². The van der Waals surface area contributed by atoms with Crippen LogP contribution in [0.25, 0.3) is 0 Å². The molecule has 2 aliphatic rings. The molecule has 2 fully saturated rings. The van der Waals surface area contributed by atoms with E-state index in [9.17, 15) is 4.79 Å². The lowest BCUT2D eigenvalue weighted by Crippen LogP contribution is -2.16. The van der Waals surface area contributed by atoms with Gasteiger partial charge in [-0.1, -0.05) is 6.07 Å². The Hall–Kier alpha value is -1.75. The van der Waals surface area contributed by atoms with Gasteiger partial charge < -0.3 is 19.5 Å². The Morgan fingerprint density at radius 3 is 2.90 bits per heavy atom. The van der Waals surface area contributed by atoms with Crippen molar-refractivity contribution in [3.8, 4) is 11.5 Å². The minimum absolute atomic E-state index is 0.0856. The molecule has 0 saturated carbocycles. The zero-order valence-corrected chi connectivity index (χ0v) is 11.6. The summed E-state index contributed by atoms with van der Waals surface area (Å²) in [6.45, 7) is 2.06. The molecule has 108 valence electrons. The highest BCUT2D eigenvalue weighted by molar-refractivity contribution is 5.79. The average Bonchev–Trinajstić information content (AvgIpc) is 3.10. The monoisotopic (exact) mass is 277 g/mol. The molecule has 1 N–H and O–H groups in total. The Labute approximate surface area is 118 Å². The second-order valence-electron chi connectivity index (χ2n) is 5.22. The van der Waals surface area contributed by atoms with E-state index in [4.69, 9.17) is 14.2 Å². The van der Waals surface area contributed by atoms with E-state index < -0.39 is 0 Å². The van der Waals surface area contributed by atoms with Crippen molar-refractivity contribution in [2.24, 2.45) is 0 Å². The molecule has 0 bridgehead atoms. The number of benzene rings is 1. The molecule has 5 heteroatoms. The van der Waals surface area contributed by atoms with Gasteiger partial charge in [-0.25, -0.2) is 0 Å². The third-order valence-electron chi connectivity index (χ3n) is 3.82.